The standard InChI is InChI=1S/C28H32N4O3/c1-35-25-8-9-27-26(18-25)23(12-14-29-27)6-2-5-22-13-17-32(20-24(22)7-10-28(33)34)16-3-4-21-11-15-30-31-19-21/h8-9,11-12,14-15,18-19,22,24H,2,5-7,10,13,16-17,20H2,1H3,(H,33,34)/t22-,24+/m1/s1. The second-order valence-corrected chi connectivity index (χ2v) is 9.15. The number of likely N-dealkylation sites (tertiary alicyclic amines) is 1. The van der Waals surface area contributed by atoms with Gasteiger partial charge in [-0.15, -0.1) is 0 Å². The number of rotatable bonds is 9. The van der Waals surface area contributed by atoms with Crippen LogP contribution in [0, 0.1) is 23.7 Å². The van der Waals surface area contributed by atoms with Gasteiger partial charge in [0.1, 0.15) is 5.75 Å². The van der Waals surface area contributed by atoms with Crippen LogP contribution >= 0.6 is 0 Å². The van der Waals surface area contributed by atoms with E-state index in [2.05, 4.69) is 44.1 Å². The zero-order valence-corrected chi connectivity index (χ0v) is 20.2. The fourth-order valence-corrected chi connectivity index (χ4v) is 5.02. The minimum Gasteiger partial charge on any atom is -0.497 e. The van der Waals surface area contributed by atoms with Crippen molar-refractivity contribution in [3.05, 3.63) is 60.0 Å². The highest BCUT2D eigenvalue weighted by Gasteiger charge is 2.28. The highest BCUT2D eigenvalue weighted by Crippen LogP contribution is 2.32. The van der Waals surface area contributed by atoms with Crippen LogP contribution in [0.15, 0.2) is 48.9 Å². The van der Waals surface area contributed by atoms with Crippen LogP contribution in [-0.2, 0) is 11.2 Å². The molecule has 7 nitrogen and oxygen atoms in total. The SMILES string of the molecule is COc1ccc2nccc(CCC[C@@H]3CCN(CC#Cc4ccnnc4)C[C@@H]3CCC(=O)O)c2c1. The number of methoxy groups -OCH3 is 1. The number of benzene rings is 1. The maximum absolute atomic E-state index is 11.3. The summed E-state index contributed by atoms with van der Waals surface area (Å²) in [6, 6.07) is 9.96. The predicted octanol–water partition coefficient (Wildman–Crippen LogP) is 4.21. The number of aryl methyl sites for hydroxylation is 1. The number of fused-ring (bicyclic) bond motifs is 1. The molecular weight excluding hydrogens is 440 g/mol. The lowest BCUT2D eigenvalue weighted by Gasteiger charge is -2.38. The number of hydrogen-bond donors (Lipinski definition) is 1. The monoisotopic (exact) mass is 472 g/mol. The minimum atomic E-state index is -0.719. The summed E-state index contributed by atoms with van der Waals surface area (Å²) in [5.41, 5.74) is 3.13. The van der Waals surface area contributed by atoms with Crippen LogP contribution in [0.1, 0.15) is 43.2 Å². The number of piperidine rings is 1. The molecule has 0 radical (unpaired) electrons. The van der Waals surface area contributed by atoms with Gasteiger partial charge >= 0.3 is 5.97 Å². The van der Waals surface area contributed by atoms with Crippen LogP contribution in [0.4, 0.5) is 0 Å². The topological polar surface area (TPSA) is 88.4 Å². The van der Waals surface area contributed by atoms with Crippen molar-refractivity contribution >= 4 is 16.9 Å². The smallest absolute Gasteiger partial charge is 0.303 e. The van der Waals surface area contributed by atoms with Gasteiger partial charge in [0.2, 0.25) is 0 Å². The maximum atomic E-state index is 11.3. The van der Waals surface area contributed by atoms with E-state index in [1.165, 1.54) is 5.56 Å². The Bertz CT molecular complexity index is 1190. The van der Waals surface area contributed by atoms with Crippen molar-refractivity contribution in [2.75, 3.05) is 26.7 Å². The first-order valence-corrected chi connectivity index (χ1v) is 12.2. The van der Waals surface area contributed by atoms with Crippen LogP contribution in [0.25, 0.3) is 10.9 Å². The van der Waals surface area contributed by atoms with Crippen molar-refractivity contribution in [3.63, 3.8) is 0 Å². The molecule has 2 atom stereocenters. The van der Waals surface area contributed by atoms with E-state index in [1.54, 1.807) is 19.5 Å². The predicted molar refractivity (Wildman–Crippen MR) is 135 cm³/mol. The average molecular weight is 473 g/mol. The first kappa shape index (κ1) is 24.6. The summed E-state index contributed by atoms with van der Waals surface area (Å²) in [5, 5.41) is 18.0. The third kappa shape index (κ3) is 7.00. The average Bonchev–Trinajstić information content (AvgIpc) is 2.88. The normalized spacial score (nSPS) is 18.1. The van der Waals surface area contributed by atoms with Crippen molar-refractivity contribution in [3.8, 4) is 17.6 Å². The van der Waals surface area contributed by atoms with Crippen molar-refractivity contribution in [1.29, 1.82) is 0 Å². The lowest BCUT2D eigenvalue weighted by atomic mass is 9.79. The molecule has 0 spiro atoms. The number of aromatic nitrogens is 3. The van der Waals surface area contributed by atoms with E-state index in [9.17, 15) is 9.90 Å². The second kappa shape index (κ2) is 12.3. The number of carboxylic acid groups (broad SMARTS) is 1. The van der Waals surface area contributed by atoms with Crippen molar-refractivity contribution in [2.45, 2.75) is 38.5 Å². The molecule has 35 heavy (non-hydrogen) atoms. The van der Waals surface area contributed by atoms with Crippen LogP contribution in [0.3, 0.4) is 0 Å². The maximum Gasteiger partial charge on any atom is 0.303 e. The molecule has 1 N–H and O–H groups in total. The minimum absolute atomic E-state index is 0.220. The summed E-state index contributed by atoms with van der Waals surface area (Å²) < 4.78 is 5.40. The summed E-state index contributed by atoms with van der Waals surface area (Å²) in [4.78, 5) is 18.1. The fraction of sp³-hybridized carbons (Fsp3) is 0.429. The number of nitrogens with zero attached hydrogens (tertiary/aromatic N) is 4. The van der Waals surface area contributed by atoms with Gasteiger partial charge in [-0.25, -0.2) is 0 Å². The first-order valence-electron chi connectivity index (χ1n) is 12.2. The Morgan fingerprint density at radius 3 is 2.89 bits per heavy atom. The lowest BCUT2D eigenvalue weighted by molar-refractivity contribution is -0.137. The third-order valence-electron chi connectivity index (χ3n) is 6.88. The number of aliphatic carboxylic acids is 1. The number of carbonyl (C=O) groups is 1. The number of ether oxygens (including phenoxy) is 1. The van der Waals surface area contributed by atoms with E-state index >= 15 is 0 Å². The molecule has 1 saturated heterocycles. The Balaban J connectivity index is 1.35. The highest BCUT2D eigenvalue weighted by molar-refractivity contribution is 5.83. The third-order valence-corrected chi connectivity index (χ3v) is 6.88. The van der Waals surface area contributed by atoms with E-state index in [1.807, 2.05) is 24.4 Å². The molecule has 0 aliphatic carbocycles. The van der Waals surface area contributed by atoms with E-state index in [-0.39, 0.29) is 6.42 Å². The number of pyridine rings is 1. The van der Waals surface area contributed by atoms with Crippen LogP contribution in [0.5, 0.6) is 5.75 Å². The molecule has 1 aromatic carbocycles. The molecule has 1 fully saturated rings. The second-order valence-electron chi connectivity index (χ2n) is 9.15. The summed E-state index contributed by atoms with van der Waals surface area (Å²) in [6.45, 7) is 2.58. The number of carboxylic acids is 1. The van der Waals surface area contributed by atoms with E-state index in [0.717, 1.165) is 61.0 Å². The Hall–Kier alpha value is -3.50. The van der Waals surface area contributed by atoms with Crippen molar-refractivity contribution in [2.24, 2.45) is 11.8 Å². The van der Waals surface area contributed by atoms with Gasteiger partial charge in [-0.2, -0.15) is 10.2 Å². The summed E-state index contributed by atoms with van der Waals surface area (Å²) in [6.07, 6.45) is 10.3. The molecule has 0 unspecified atom stereocenters. The molecule has 4 rings (SSSR count). The zero-order valence-electron chi connectivity index (χ0n) is 20.2. The molecular formula is C28H32N4O3. The van der Waals surface area contributed by atoms with Gasteiger partial charge in [0.05, 0.1) is 31.6 Å². The fourth-order valence-electron chi connectivity index (χ4n) is 5.02. The molecule has 1 aliphatic heterocycles. The van der Waals surface area contributed by atoms with Crippen LogP contribution in [-0.4, -0.2) is 57.9 Å². The Morgan fingerprint density at radius 1 is 1.17 bits per heavy atom. The van der Waals surface area contributed by atoms with Crippen LogP contribution < -0.4 is 4.74 Å². The largest absolute Gasteiger partial charge is 0.497 e. The summed E-state index contributed by atoms with van der Waals surface area (Å²) >= 11 is 0. The van der Waals surface area contributed by atoms with Crippen molar-refractivity contribution < 1.29 is 14.6 Å². The van der Waals surface area contributed by atoms with Gasteiger partial charge in [0, 0.05) is 30.1 Å². The zero-order chi connectivity index (χ0) is 24.5. The van der Waals surface area contributed by atoms with Gasteiger partial charge in [-0.05, 0) is 86.4 Å². The first-order chi connectivity index (χ1) is 17.1. The molecule has 7 heteroatoms. The summed E-state index contributed by atoms with van der Waals surface area (Å²) in [7, 11) is 1.68. The Kier molecular flexibility index (Phi) is 8.63. The number of hydrogen-bond acceptors (Lipinski definition) is 6. The van der Waals surface area contributed by atoms with E-state index in [4.69, 9.17) is 4.74 Å². The van der Waals surface area contributed by atoms with E-state index in [0.29, 0.717) is 24.8 Å². The Morgan fingerprint density at radius 2 is 2.09 bits per heavy atom. The molecule has 3 aromatic rings. The quantitative estimate of drug-likeness (QED) is 0.467. The lowest BCUT2D eigenvalue weighted by Crippen LogP contribution is -2.41. The van der Waals surface area contributed by atoms with Crippen molar-refractivity contribution in [1.82, 2.24) is 20.1 Å². The molecule has 0 bridgehead atoms. The summed E-state index contributed by atoms with van der Waals surface area (Å²) in [5.74, 6) is 7.41. The van der Waals surface area contributed by atoms with E-state index < -0.39 is 5.97 Å². The van der Waals surface area contributed by atoms with Crippen LogP contribution in [0.2, 0.25) is 0 Å². The van der Waals surface area contributed by atoms with Gasteiger partial charge in [-0.1, -0.05) is 11.8 Å². The molecule has 3 heterocycles. The highest BCUT2D eigenvalue weighted by atomic mass is 16.5. The molecule has 182 valence electrons. The Labute approximate surface area is 206 Å². The van der Waals surface area contributed by atoms with Gasteiger partial charge in [0.15, 0.2) is 0 Å². The molecule has 0 saturated carbocycles. The molecule has 2 aromatic heterocycles. The van der Waals surface area contributed by atoms with Gasteiger partial charge in [-0.3, -0.25) is 14.7 Å². The van der Waals surface area contributed by atoms with Gasteiger partial charge < -0.3 is 9.84 Å². The molecule has 0 amide bonds. The van der Waals surface area contributed by atoms with Gasteiger partial charge in [0.25, 0.3) is 0 Å². The molecule has 1 aliphatic rings.